The summed E-state index contributed by atoms with van der Waals surface area (Å²) in [6, 6.07) is 0. The van der Waals surface area contributed by atoms with Gasteiger partial charge in [0.1, 0.15) is 0 Å². The van der Waals surface area contributed by atoms with Crippen LogP contribution in [0.4, 0.5) is 0 Å². The first-order valence-corrected chi connectivity index (χ1v) is 1.96. The van der Waals surface area contributed by atoms with Gasteiger partial charge in [0.25, 0.3) is 0 Å². The van der Waals surface area contributed by atoms with Gasteiger partial charge < -0.3 is 14.8 Å². The van der Waals surface area contributed by atoms with E-state index in [0.29, 0.717) is 0 Å². The maximum atomic E-state index is 8.56. The Morgan fingerprint density at radius 2 is 1.71 bits per heavy atom. The Bertz CT molecular complexity index is 37.9. The Hall–Kier alpha value is 0.653. The predicted octanol–water partition coefficient (Wildman–Crippen LogP) is -0.927. The normalized spacial score (nSPS) is 9.71. The molecule has 0 aromatic carbocycles. The van der Waals surface area contributed by atoms with Gasteiger partial charge in [-0.25, -0.2) is 4.21 Å². The van der Waals surface area contributed by atoms with Crippen LogP contribution in [0, 0.1) is 7.05 Å². The van der Waals surface area contributed by atoms with E-state index in [1.54, 1.807) is 0 Å². The summed E-state index contributed by atoms with van der Waals surface area (Å²) >= 11 is -2.86. The molecule has 0 radical (unpaired) electrons. The first kappa shape index (κ1) is 15.6. The molecule has 0 saturated carbocycles. The van der Waals surface area contributed by atoms with Gasteiger partial charge in [0.2, 0.25) is 0 Å². The Morgan fingerprint density at radius 3 is 1.71 bits per heavy atom. The fourth-order valence-electron chi connectivity index (χ4n) is 0. The van der Waals surface area contributed by atoms with E-state index in [0.717, 1.165) is 0 Å². The first-order chi connectivity index (χ1) is 2.73. The molecular weight excluding hydrogens is 171 g/mol. The molecule has 0 bridgehead atoms. The summed E-state index contributed by atoms with van der Waals surface area (Å²) in [5.41, 5.74) is 4.25. The van der Waals surface area contributed by atoms with Crippen molar-refractivity contribution < 1.29 is 32.8 Å². The van der Waals surface area contributed by atoms with Crippen LogP contribution in [-0.4, -0.2) is 13.3 Å². The van der Waals surface area contributed by atoms with Gasteiger partial charge in [-0.1, -0.05) is 0 Å². The van der Waals surface area contributed by atoms with Crippen LogP contribution in [0.25, 0.3) is 0 Å². The Labute approximate surface area is 57.3 Å². The van der Waals surface area contributed by atoms with Crippen LogP contribution in [0.2, 0.25) is 0 Å². The van der Waals surface area contributed by atoms with Crippen molar-refractivity contribution >= 4 is 11.4 Å². The molecule has 6 heteroatoms. The van der Waals surface area contributed by atoms with Gasteiger partial charge in [-0.2, -0.15) is 0 Å². The van der Waals surface area contributed by atoms with E-state index in [4.69, 9.17) is 13.3 Å². The standard InChI is InChI=1S/CH4N.H2O3S.Zn/c1-2;1-4(2)3;/h1-2H2;(H2,1,2,3);/q-1;;+2/p-1. The zero-order valence-electron chi connectivity index (χ0n) is 3.66. The largest absolute Gasteiger partial charge is 2.00 e. The number of hydrogen-bond donors (Lipinski definition) is 2. The van der Waals surface area contributed by atoms with E-state index >= 15 is 0 Å². The van der Waals surface area contributed by atoms with Gasteiger partial charge in [-0.15, -0.1) is 0 Å². The van der Waals surface area contributed by atoms with E-state index in [2.05, 4.69) is 12.8 Å². The van der Waals surface area contributed by atoms with E-state index in [1.165, 1.54) is 0 Å². The molecule has 1 atom stereocenters. The first-order valence-electron chi connectivity index (χ1n) is 0.924. The van der Waals surface area contributed by atoms with Crippen molar-refractivity contribution in [2.45, 2.75) is 0 Å². The minimum absolute atomic E-state index is 0. The molecule has 0 saturated heterocycles. The van der Waals surface area contributed by atoms with Crippen molar-refractivity contribution in [2.24, 2.45) is 5.73 Å². The maximum absolute atomic E-state index is 8.56. The van der Waals surface area contributed by atoms with Crippen molar-refractivity contribution in [3.8, 4) is 0 Å². The molecule has 0 spiro atoms. The van der Waals surface area contributed by atoms with Crippen LogP contribution in [-0.2, 0) is 30.8 Å². The zero-order chi connectivity index (χ0) is 5.58. The second-order valence-electron chi connectivity index (χ2n) is 0.217. The van der Waals surface area contributed by atoms with E-state index in [9.17, 15) is 0 Å². The summed E-state index contributed by atoms with van der Waals surface area (Å²) in [6.45, 7) is 0. The molecular formula is CH5NO3SZn. The summed E-state index contributed by atoms with van der Waals surface area (Å²) < 4.78 is 24.1. The third kappa shape index (κ3) is 337. The van der Waals surface area contributed by atoms with Gasteiger partial charge in [0.15, 0.2) is 0 Å². The quantitative estimate of drug-likeness (QED) is 0.284. The van der Waals surface area contributed by atoms with Crippen LogP contribution in [0.1, 0.15) is 0 Å². The summed E-state index contributed by atoms with van der Waals surface area (Å²) in [5, 5.41) is 0. The predicted molar refractivity (Wildman–Crippen MR) is 21.1 cm³/mol. The Morgan fingerprint density at radius 1 is 1.71 bits per heavy atom. The van der Waals surface area contributed by atoms with E-state index in [-0.39, 0.29) is 19.5 Å². The molecule has 0 aliphatic carbocycles. The molecule has 3 N–H and O–H groups in total. The number of hydrogen-bond acceptors (Lipinski definition) is 3. The van der Waals surface area contributed by atoms with Crippen LogP contribution in [0.3, 0.4) is 0 Å². The molecule has 0 aliphatic rings. The third-order valence-electron chi connectivity index (χ3n) is 0. The maximum Gasteiger partial charge on any atom is 2.00 e. The molecule has 0 aromatic heterocycles. The summed E-state index contributed by atoms with van der Waals surface area (Å²) in [4.78, 5) is 0. The topological polar surface area (TPSA) is 86.4 Å². The summed E-state index contributed by atoms with van der Waals surface area (Å²) in [7, 11) is 2.75. The van der Waals surface area contributed by atoms with Crippen molar-refractivity contribution in [3.63, 3.8) is 0 Å². The zero-order valence-corrected chi connectivity index (χ0v) is 7.45. The molecule has 0 fully saturated rings. The second-order valence-corrected chi connectivity index (χ2v) is 0.651. The van der Waals surface area contributed by atoms with E-state index in [1.807, 2.05) is 0 Å². The summed E-state index contributed by atoms with van der Waals surface area (Å²) in [6.07, 6.45) is 0. The Kier molecular flexibility index (Phi) is 35.6. The molecule has 1 unspecified atom stereocenters. The SMILES string of the molecule is O=S([O-])O.[CH2-]N.[Zn+2]. The average molecular weight is 177 g/mol. The second kappa shape index (κ2) is 15.9. The minimum Gasteiger partial charge on any atom is -0.750 e. The molecule has 0 rings (SSSR count). The average Bonchev–Trinajstić information content (AvgIpc) is 1.41. The molecule has 7 heavy (non-hydrogen) atoms. The van der Waals surface area contributed by atoms with Crippen molar-refractivity contribution in [2.75, 3.05) is 0 Å². The number of rotatable bonds is 0. The van der Waals surface area contributed by atoms with E-state index < -0.39 is 11.4 Å². The van der Waals surface area contributed by atoms with Gasteiger partial charge in [0, 0.05) is 0 Å². The van der Waals surface area contributed by atoms with Crippen molar-refractivity contribution in [1.82, 2.24) is 0 Å². The van der Waals surface area contributed by atoms with Gasteiger partial charge >= 0.3 is 19.5 Å². The minimum atomic E-state index is -2.86. The molecule has 40 valence electrons. The van der Waals surface area contributed by atoms with Crippen molar-refractivity contribution in [1.29, 1.82) is 0 Å². The molecule has 0 aromatic rings. The van der Waals surface area contributed by atoms with Gasteiger partial charge in [-0.3, -0.25) is 7.05 Å². The van der Waals surface area contributed by atoms with Crippen LogP contribution in [0.5, 0.6) is 0 Å². The summed E-state index contributed by atoms with van der Waals surface area (Å²) in [5.74, 6) is 0. The smallest absolute Gasteiger partial charge is 0.750 e. The number of nitrogens with two attached hydrogens (primary N) is 1. The van der Waals surface area contributed by atoms with Gasteiger partial charge in [-0.05, 0) is 0 Å². The van der Waals surface area contributed by atoms with Crippen LogP contribution in [0.15, 0.2) is 0 Å². The Balaban J connectivity index is -0.0000000480. The fraction of sp³-hybridized carbons (Fsp3) is 0. The van der Waals surface area contributed by atoms with Crippen LogP contribution < -0.4 is 5.73 Å². The molecule has 0 heterocycles. The molecule has 4 nitrogen and oxygen atoms in total. The molecule has 0 aliphatic heterocycles. The van der Waals surface area contributed by atoms with Crippen LogP contribution >= 0.6 is 0 Å². The monoisotopic (exact) mass is 175 g/mol. The van der Waals surface area contributed by atoms with Gasteiger partial charge in [0.05, 0.1) is 11.4 Å². The fourth-order valence-corrected chi connectivity index (χ4v) is 0. The third-order valence-corrected chi connectivity index (χ3v) is 0. The van der Waals surface area contributed by atoms with Crippen molar-refractivity contribution in [3.05, 3.63) is 7.05 Å². The molecule has 0 amide bonds.